The second-order valence-corrected chi connectivity index (χ2v) is 8.37. The molecule has 0 bridgehead atoms. The van der Waals surface area contributed by atoms with Crippen molar-refractivity contribution in [3.63, 3.8) is 0 Å². The maximum absolute atomic E-state index is 12.5. The van der Waals surface area contributed by atoms with Gasteiger partial charge >= 0.3 is 6.03 Å². The van der Waals surface area contributed by atoms with Crippen LogP contribution >= 0.6 is 11.8 Å². The number of aryl methyl sites for hydroxylation is 2. The molecular formula is C22H27N3O2S. The SMILES string of the molecule is Cc1ccc(C2CSCCN2CC(=O)NC(=O)Nc2cccc(C)c2C)cc1. The minimum Gasteiger partial charge on any atom is -0.307 e. The molecule has 0 aliphatic carbocycles. The van der Waals surface area contributed by atoms with Gasteiger partial charge in [-0.25, -0.2) is 4.79 Å². The van der Waals surface area contributed by atoms with E-state index in [1.165, 1.54) is 11.1 Å². The van der Waals surface area contributed by atoms with Gasteiger partial charge in [-0.05, 0) is 43.5 Å². The summed E-state index contributed by atoms with van der Waals surface area (Å²) in [6, 6.07) is 13.9. The Balaban J connectivity index is 1.60. The predicted molar refractivity (Wildman–Crippen MR) is 116 cm³/mol. The van der Waals surface area contributed by atoms with Gasteiger partial charge in [0.25, 0.3) is 0 Å². The summed E-state index contributed by atoms with van der Waals surface area (Å²) >= 11 is 1.90. The fourth-order valence-corrected chi connectivity index (χ4v) is 4.47. The quantitative estimate of drug-likeness (QED) is 0.817. The molecule has 0 saturated carbocycles. The van der Waals surface area contributed by atoms with Crippen molar-refractivity contribution in [3.8, 4) is 0 Å². The summed E-state index contributed by atoms with van der Waals surface area (Å²) in [7, 11) is 0. The Labute approximate surface area is 170 Å². The van der Waals surface area contributed by atoms with Crippen LogP contribution in [0, 0.1) is 20.8 Å². The van der Waals surface area contributed by atoms with Crippen molar-refractivity contribution in [3.05, 3.63) is 64.7 Å². The van der Waals surface area contributed by atoms with Gasteiger partial charge in [0.05, 0.1) is 6.54 Å². The summed E-state index contributed by atoms with van der Waals surface area (Å²) in [5, 5.41) is 5.24. The summed E-state index contributed by atoms with van der Waals surface area (Å²) in [4.78, 5) is 26.9. The molecule has 0 aromatic heterocycles. The van der Waals surface area contributed by atoms with Crippen molar-refractivity contribution in [2.24, 2.45) is 0 Å². The van der Waals surface area contributed by atoms with E-state index in [0.29, 0.717) is 0 Å². The average molecular weight is 398 g/mol. The van der Waals surface area contributed by atoms with Crippen molar-refractivity contribution < 1.29 is 9.59 Å². The van der Waals surface area contributed by atoms with Gasteiger partial charge in [0.15, 0.2) is 0 Å². The van der Waals surface area contributed by atoms with Crippen LogP contribution in [0.3, 0.4) is 0 Å². The number of carbonyl (C=O) groups is 2. The molecule has 1 fully saturated rings. The molecule has 148 valence electrons. The first-order chi connectivity index (χ1) is 13.4. The Morgan fingerprint density at radius 1 is 1.11 bits per heavy atom. The Kier molecular flexibility index (Phi) is 6.75. The van der Waals surface area contributed by atoms with E-state index in [9.17, 15) is 9.59 Å². The molecule has 1 aliphatic rings. The van der Waals surface area contributed by atoms with Crippen molar-refractivity contribution in [2.75, 3.05) is 29.9 Å². The van der Waals surface area contributed by atoms with Crippen LogP contribution < -0.4 is 10.6 Å². The molecular weight excluding hydrogens is 370 g/mol. The lowest BCUT2D eigenvalue weighted by molar-refractivity contribution is -0.121. The second kappa shape index (κ2) is 9.26. The van der Waals surface area contributed by atoms with Crippen LogP contribution in [0.5, 0.6) is 0 Å². The number of rotatable bonds is 4. The Hall–Kier alpha value is -2.31. The van der Waals surface area contributed by atoms with Gasteiger partial charge in [-0.3, -0.25) is 15.0 Å². The summed E-state index contributed by atoms with van der Waals surface area (Å²) in [5.74, 6) is 1.65. The van der Waals surface area contributed by atoms with Gasteiger partial charge in [-0.15, -0.1) is 0 Å². The lowest BCUT2D eigenvalue weighted by Gasteiger charge is -2.35. The lowest BCUT2D eigenvalue weighted by atomic mass is 10.0. The number of nitrogens with one attached hydrogen (secondary N) is 2. The van der Waals surface area contributed by atoms with Gasteiger partial charge < -0.3 is 5.32 Å². The van der Waals surface area contributed by atoms with E-state index < -0.39 is 6.03 Å². The third-order valence-corrected chi connectivity index (χ3v) is 6.18. The molecule has 1 saturated heterocycles. The van der Waals surface area contributed by atoms with Gasteiger partial charge in [-0.2, -0.15) is 11.8 Å². The number of hydrogen-bond acceptors (Lipinski definition) is 4. The number of nitrogens with zero attached hydrogens (tertiary/aromatic N) is 1. The lowest BCUT2D eigenvalue weighted by Crippen LogP contribution is -2.45. The van der Waals surface area contributed by atoms with Crippen LogP contribution in [0.15, 0.2) is 42.5 Å². The van der Waals surface area contributed by atoms with Crippen LogP contribution in [-0.2, 0) is 4.79 Å². The maximum Gasteiger partial charge on any atom is 0.325 e. The molecule has 1 aliphatic heterocycles. The number of benzene rings is 2. The van der Waals surface area contributed by atoms with E-state index in [4.69, 9.17) is 0 Å². The average Bonchev–Trinajstić information content (AvgIpc) is 2.66. The normalized spacial score (nSPS) is 17.2. The minimum absolute atomic E-state index is 0.187. The molecule has 2 aromatic carbocycles. The number of thioether (sulfide) groups is 1. The van der Waals surface area contributed by atoms with E-state index in [1.807, 2.05) is 43.8 Å². The summed E-state index contributed by atoms with van der Waals surface area (Å²) in [6.45, 7) is 7.04. The van der Waals surface area contributed by atoms with Crippen LogP contribution in [0.25, 0.3) is 0 Å². The van der Waals surface area contributed by atoms with Crippen LogP contribution in [0.1, 0.15) is 28.3 Å². The highest BCUT2D eigenvalue weighted by Gasteiger charge is 2.26. The first-order valence-electron chi connectivity index (χ1n) is 9.49. The zero-order valence-corrected chi connectivity index (χ0v) is 17.4. The summed E-state index contributed by atoms with van der Waals surface area (Å²) in [6.07, 6.45) is 0. The first kappa shape index (κ1) is 20.4. The Morgan fingerprint density at radius 3 is 2.61 bits per heavy atom. The molecule has 2 N–H and O–H groups in total. The van der Waals surface area contributed by atoms with Gasteiger partial charge in [0.1, 0.15) is 0 Å². The first-order valence-corrected chi connectivity index (χ1v) is 10.6. The molecule has 1 heterocycles. The second-order valence-electron chi connectivity index (χ2n) is 7.22. The number of imide groups is 1. The van der Waals surface area contributed by atoms with Crippen molar-refractivity contribution in [1.29, 1.82) is 0 Å². The molecule has 3 amide bonds. The summed E-state index contributed by atoms with van der Waals surface area (Å²) in [5.41, 5.74) is 5.25. The standard InChI is InChI=1S/C22H27N3O2S/c1-15-7-9-18(10-8-15)20-14-28-12-11-25(20)13-21(26)24-22(27)23-19-6-4-5-16(2)17(19)3/h4-10,20H,11-14H2,1-3H3,(H2,23,24,26,27). The zero-order chi connectivity index (χ0) is 20.1. The number of urea groups is 1. The molecule has 28 heavy (non-hydrogen) atoms. The molecule has 6 heteroatoms. The van der Waals surface area contributed by atoms with Crippen LogP contribution in [0.2, 0.25) is 0 Å². The largest absolute Gasteiger partial charge is 0.325 e. The number of carbonyl (C=O) groups excluding carboxylic acids is 2. The molecule has 1 atom stereocenters. The number of anilines is 1. The molecule has 1 unspecified atom stereocenters. The van der Waals surface area contributed by atoms with Crippen molar-refractivity contribution in [2.45, 2.75) is 26.8 Å². The van der Waals surface area contributed by atoms with E-state index in [2.05, 4.69) is 46.7 Å². The smallest absolute Gasteiger partial charge is 0.307 e. The third-order valence-electron chi connectivity index (χ3n) is 5.15. The molecule has 5 nitrogen and oxygen atoms in total. The topological polar surface area (TPSA) is 61.4 Å². The van der Waals surface area contributed by atoms with Crippen LogP contribution in [0.4, 0.5) is 10.5 Å². The zero-order valence-electron chi connectivity index (χ0n) is 16.6. The molecule has 0 radical (unpaired) electrons. The van der Waals surface area contributed by atoms with Crippen molar-refractivity contribution >= 4 is 29.4 Å². The maximum atomic E-state index is 12.5. The number of hydrogen-bond donors (Lipinski definition) is 2. The molecule has 2 aromatic rings. The Morgan fingerprint density at radius 2 is 1.86 bits per heavy atom. The van der Waals surface area contributed by atoms with E-state index in [1.54, 1.807) is 0 Å². The van der Waals surface area contributed by atoms with Crippen molar-refractivity contribution in [1.82, 2.24) is 10.2 Å². The van der Waals surface area contributed by atoms with E-state index >= 15 is 0 Å². The van der Waals surface area contributed by atoms with E-state index in [0.717, 1.165) is 34.9 Å². The summed E-state index contributed by atoms with van der Waals surface area (Å²) < 4.78 is 0. The highest BCUT2D eigenvalue weighted by atomic mass is 32.2. The number of amides is 3. The fourth-order valence-electron chi connectivity index (χ4n) is 3.31. The minimum atomic E-state index is -0.489. The van der Waals surface area contributed by atoms with E-state index in [-0.39, 0.29) is 18.5 Å². The van der Waals surface area contributed by atoms with Crippen LogP contribution in [-0.4, -0.2) is 41.4 Å². The molecule has 0 spiro atoms. The molecule has 3 rings (SSSR count). The monoisotopic (exact) mass is 397 g/mol. The Bertz CT molecular complexity index is 851. The highest BCUT2D eigenvalue weighted by molar-refractivity contribution is 7.99. The van der Waals surface area contributed by atoms with Gasteiger partial charge in [-0.1, -0.05) is 42.0 Å². The fraction of sp³-hybridized carbons (Fsp3) is 0.364. The van der Waals surface area contributed by atoms with Gasteiger partial charge in [0, 0.05) is 29.8 Å². The highest BCUT2D eigenvalue weighted by Crippen LogP contribution is 2.29. The third kappa shape index (κ3) is 5.14. The van der Waals surface area contributed by atoms with Gasteiger partial charge in [0.2, 0.25) is 5.91 Å². The predicted octanol–water partition coefficient (Wildman–Crippen LogP) is 4.05.